The fourth-order valence-corrected chi connectivity index (χ4v) is 3.20. The van der Waals surface area contributed by atoms with Crippen LogP contribution in [-0.4, -0.2) is 52.9 Å². The predicted molar refractivity (Wildman–Crippen MR) is 79.4 cm³/mol. The maximum Gasteiger partial charge on any atom is 0.324 e. The second-order valence-corrected chi connectivity index (χ2v) is 6.09. The fourth-order valence-electron chi connectivity index (χ4n) is 3.04. The van der Waals surface area contributed by atoms with Gasteiger partial charge in [0.2, 0.25) is 5.91 Å². The number of halogens is 1. The number of amides is 3. The highest BCUT2D eigenvalue weighted by atomic mass is 35.5. The van der Waals surface area contributed by atoms with Gasteiger partial charge in [-0.3, -0.25) is 14.4 Å². The Morgan fingerprint density at radius 3 is 2.77 bits per heavy atom. The second-order valence-electron chi connectivity index (χ2n) is 5.65. The summed E-state index contributed by atoms with van der Waals surface area (Å²) in [4.78, 5) is 25.9. The minimum Gasteiger partial charge on any atom is -0.381 e. The zero-order valence-electron chi connectivity index (χ0n) is 12.2. The third-order valence-corrected chi connectivity index (χ3v) is 4.49. The van der Waals surface area contributed by atoms with E-state index in [2.05, 4.69) is 10.4 Å². The summed E-state index contributed by atoms with van der Waals surface area (Å²) in [6.45, 7) is 2.53. The number of rotatable bonds is 4. The molecule has 1 atom stereocenters. The molecule has 3 amide bonds. The van der Waals surface area contributed by atoms with Crippen molar-refractivity contribution in [3.05, 3.63) is 17.4 Å². The van der Waals surface area contributed by atoms with Crippen LogP contribution in [0.15, 0.2) is 12.4 Å². The topological polar surface area (TPSA) is 76.5 Å². The number of hydrogen-bond acceptors (Lipinski definition) is 4. The zero-order valence-corrected chi connectivity index (χ0v) is 13.0. The van der Waals surface area contributed by atoms with Crippen molar-refractivity contribution >= 4 is 23.5 Å². The molecule has 7 nitrogen and oxygen atoms in total. The van der Waals surface area contributed by atoms with E-state index in [1.807, 2.05) is 0 Å². The van der Waals surface area contributed by atoms with Crippen molar-refractivity contribution in [2.75, 3.05) is 26.3 Å². The first-order valence-corrected chi connectivity index (χ1v) is 7.88. The summed E-state index contributed by atoms with van der Waals surface area (Å²) < 4.78 is 6.97. The van der Waals surface area contributed by atoms with E-state index in [4.69, 9.17) is 16.3 Å². The maximum atomic E-state index is 12.6. The van der Waals surface area contributed by atoms with Gasteiger partial charge in [0.15, 0.2) is 0 Å². The lowest BCUT2D eigenvalue weighted by atomic mass is 9.84. The highest BCUT2D eigenvalue weighted by Crippen LogP contribution is 2.27. The maximum absolute atomic E-state index is 12.6. The van der Waals surface area contributed by atoms with Gasteiger partial charge in [0.05, 0.1) is 30.2 Å². The molecule has 0 aromatic carbocycles. The molecule has 1 N–H and O–H groups in total. The van der Waals surface area contributed by atoms with E-state index >= 15 is 0 Å². The molecule has 2 fully saturated rings. The first-order chi connectivity index (χ1) is 10.6. The molecule has 1 aromatic rings. The Labute approximate surface area is 133 Å². The van der Waals surface area contributed by atoms with E-state index in [-0.39, 0.29) is 23.8 Å². The molecule has 2 aliphatic heterocycles. The van der Waals surface area contributed by atoms with Gasteiger partial charge >= 0.3 is 6.03 Å². The van der Waals surface area contributed by atoms with Gasteiger partial charge in [0.1, 0.15) is 0 Å². The Balaban J connectivity index is 1.63. The standard InChI is InChI=1S/C14H19ClN4O3/c15-11-7-17-18(9-11)3-4-19-13(20)12(8-16-14(19)21)10-1-5-22-6-2-10/h7,9-10,12H,1-6,8H2,(H,16,21). The Hall–Kier alpha value is -1.60. The molecule has 3 heterocycles. The predicted octanol–water partition coefficient (Wildman–Crippen LogP) is 1.13. The van der Waals surface area contributed by atoms with E-state index in [9.17, 15) is 9.59 Å². The molecule has 22 heavy (non-hydrogen) atoms. The minimum atomic E-state index is -0.327. The number of urea groups is 1. The number of carbonyl (C=O) groups excluding carboxylic acids is 2. The molecule has 2 aliphatic rings. The van der Waals surface area contributed by atoms with Crippen LogP contribution in [0, 0.1) is 11.8 Å². The molecule has 8 heteroatoms. The smallest absolute Gasteiger partial charge is 0.324 e. The van der Waals surface area contributed by atoms with Gasteiger partial charge in [0.25, 0.3) is 0 Å². The molecule has 0 bridgehead atoms. The number of hydrogen-bond donors (Lipinski definition) is 1. The van der Waals surface area contributed by atoms with Crippen LogP contribution in [-0.2, 0) is 16.1 Å². The van der Waals surface area contributed by atoms with Crippen LogP contribution in [0.2, 0.25) is 5.02 Å². The van der Waals surface area contributed by atoms with Crippen molar-refractivity contribution in [2.45, 2.75) is 19.4 Å². The molecule has 1 aromatic heterocycles. The molecule has 0 aliphatic carbocycles. The van der Waals surface area contributed by atoms with Crippen molar-refractivity contribution in [2.24, 2.45) is 11.8 Å². The van der Waals surface area contributed by atoms with Crippen LogP contribution in [0.25, 0.3) is 0 Å². The number of imide groups is 1. The number of nitrogens with zero attached hydrogens (tertiary/aromatic N) is 3. The molecule has 2 saturated heterocycles. The molecule has 1 unspecified atom stereocenters. The average molecular weight is 327 g/mol. The lowest BCUT2D eigenvalue weighted by Crippen LogP contribution is -2.57. The SMILES string of the molecule is O=C1NCC(C2CCOCC2)C(=O)N1CCn1cc(Cl)cn1. The third-order valence-electron chi connectivity index (χ3n) is 4.29. The van der Waals surface area contributed by atoms with Crippen molar-refractivity contribution in [3.8, 4) is 0 Å². The molecule has 120 valence electrons. The Kier molecular flexibility index (Phi) is 4.63. The Bertz CT molecular complexity index is 556. The summed E-state index contributed by atoms with van der Waals surface area (Å²) >= 11 is 5.81. The van der Waals surface area contributed by atoms with Crippen molar-refractivity contribution in [1.82, 2.24) is 20.0 Å². The Morgan fingerprint density at radius 2 is 2.09 bits per heavy atom. The van der Waals surface area contributed by atoms with E-state index in [1.165, 1.54) is 11.1 Å². The van der Waals surface area contributed by atoms with E-state index < -0.39 is 0 Å². The molecule has 0 radical (unpaired) electrons. The highest BCUT2D eigenvalue weighted by molar-refractivity contribution is 6.30. The van der Waals surface area contributed by atoms with E-state index in [1.54, 1.807) is 10.9 Å². The van der Waals surface area contributed by atoms with Crippen molar-refractivity contribution < 1.29 is 14.3 Å². The molecule has 0 saturated carbocycles. The third kappa shape index (κ3) is 3.25. The quantitative estimate of drug-likeness (QED) is 0.900. The average Bonchev–Trinajstić information content (AvgIpc) is 2.93. The summed E-state index contributed by atoms with van der Waals surface area (Å²) in [6.07, 6.45) is 4.94. The monoisotopic (exact) mass is 326 g/mol. The minimum absolute atomic E-state index is 0.0890. The lowest BCUT2D eigenvalue weighted by Gasteiger charge is -2.36. The highest BCUT2D eigenvalue weighted by Gasteiger charge is 2.38. The second kappa shape index (κ2) is 6.66. The van der Waals surface area contributed by atoms with Gasteiger partial charge in [-0.05, 0) is 18.8 Å². The number of carbonyl (C=O) groups is 2. The van der Waals surface area contributed by atoms with Crippen LogP contribution >= 0.6 is 11.6 Å². The first kappa shape index (κ1) is 15.3. The largest absolute Gasteiger partial charge is 0.381 e. The number of aromatic nitrogens is 2. The number of ether oxygens (including phenoxy) is 1. The fraction of sp³-hybridized carbons (Fsp3) is 0.643. The van der Waals surface area contributed by atoms with Gasteiger partial charge in [0, 0.05) is 26.0 Å². The van der Waals surface area contributed by atoms with Gasteiger partial charge in [-0.2, -0.15) is 5.10 Å². The van der Waals surface area contributed by atoms with Crippen LogP contribution in [0.4, 0.5) is 4.79 Å². The summed E-state index contributed by atoms with van der Waals surface area (Å²) in [7, 11) is 0. The van der Waals surface area contributed by atoms with Gasteiger partial charge in [-0.15, -0.1) is 0 Å². The van der Waals surface area contributed by atoms with E-state index in [0.29, 0.717) is 37.9 Å². The molecule has 0 spiro atoms. The summed E-state index contributed by atoms with van der Waals surface area (Å²) in [5.41, 5.74) is 0. The van der Waals surface area contributed by atoms with Crippen LogP contribution in [0.3, 0.4) is 0 Å². The van der Waals surface area contributed by atoms with Crippen LogP contribution in [0.5, 0.6) is 0 Å². The zero-order chi connectivity index (χ0) is 15.5. The summed E-state index contributed by atoms with van der Waals surface area (Å²) in [5, 5.41) is 7.42. The van der Waals surface area contributed by atoms with Crippen molar-refractivity contribution in [3.63, 3.8) is 0 Å². The Morgan fingerprint density at radius 1 is 1.32 bits per heavy atom. The number of nitrogens with one attached hydrogen (secondary N) is 1. The molecular weight excluding hydrogens is 308 g/mol. The van der Waals surface area contributed by atoms with Crippen molar-refractivity contribution in [1.29, 1.82) is 0 Å². The first-order valence-electron chi connectivity index (χ1n) is 7.50. The lowest BCUT2D eigenvalue weighted by molar-refractivity contribution is -0.137. The van der Waals surface area contributed by atoms with Gasteiger partial charge < -0.3 is 10.1 Å². The van der Waals surface area contributed by atoms with Gasteiger partial charge in [-0.1, -0.05) is 11.6 Å². The normalized spacial score (nSPS) is 23.7. The van der Waals surface area contributed by atoms with Crippen LogP contribution < -0.4 is 5.32 Å². The summed E-state index contributed by atoms with van der Waals surface area (Å²) in [6, 6.07) is -0.327. The van der Waals surface area contributed by atoms with E-state index in [0.717, 1.165) is 12.8 Å². The molecule has 3 rings (SSSR count). The molecular formula is C14H19ClN4O3. The van der Waals surface area contributed by atoms with Gasteiger partial charge in [-0.25, -0.2) is 4.79 Å². The summed E-state index contributed by atoms with van der Waals surface area (Å²) in [5.74, 6) is 0.0419. The van der Waals surface area contributed by atoms with Crippen LogP contribution in [0.1, 0.15) is 12.8 Å².